The van der Waals surface area contributed by atoms with E-state index in [4.69, 9.17) is 4.74 Å². The van der Waals surface area contributed by atoms with Crippen molar-refractivity contribution in [3.8, 4) is 0 Å². The van der Waals surface area contributed by atoms with Crippen molar-refractivity contribution in [2.24, 2.45) is 0 Å². The van der Waals surface area contributed by atoms with Gasteiger partial charge < -0.3 is 9.64 Å². The van der Waals surface area contributed by atoms with Gasteiger partial charge in [-0.15, -0.1) is 0 Å². The minimum absolute atomic E-state index is 0.0516. The minimum Gasteiger partial charge on any atom is -0.373 e. The summed E-state index contributed by atoms with van der Waals surface area (Å²) in [6, 6.07) is 13.7. The van der Waals surface area contributed by atoms with Gasteiger partial charge in [0.1, 0.15) is 0 Å². The van der Waals surface area contributed by atoms with Gasteiger partial charge >= 0.3 is 5.69 Å². The van der Waals surface area contributed by atoms with Crippen LogP contribution in [-0.4, -0.2) is 53.2 Å². The topological polar surface area (TPSA) is 71.7 Å². The lowest BCUT2D eigenvalue weighted by Gasteiger charge is -2.36. The molecule has 0 N–H and O–H groups in total. The van der Waals surface area contributed by atoms with Gasteiger partial charge in [0.2, 0.25) is 5.82 Å². The van der Waals surface area contributed by atoms with E-state index in [0.717, 1.165) is 13.1 Å². The lowest BCUT2D eigenvalue weighted by atomic mass is 10.1. The molecule has 0 bridgehead atoms. The van der Waals surface area contributed by atoms with E-state index in [1.165, 1.54) is 11.6 Å². The Labute approximate surface area is 146 Å². The van der Waals surface area contributed by atoms with E-state index in [0.29, 0.717) is 25.5 Å². The van der Waals surface area contributed by atoms with E-state index in [1.54, 1.807) is 12.3 Å². The quantitative estimate of drug-likeness (QED) is 0.627. The van der Waals surface area contributed by atoms with Crippen molar-refractivity contribution in [1.82, 2.24) is 9.88 Å². The first-order valence-corrected chi connectivity index (χ1v) is 8.46. The third kappa shape index (κ3) is 3.20. The van der Waals surface area contributed by atoms with Crippen LogP contribution in [0, 0.1) is 10.1 Å². The Morgan fingerprint density at radius 3 is 2.84 bits per heavy atom. The molecule has 0 unspecified atom stereocenters. The molecule has 2 aromatic rings. The maximum absolute atomic E-state index is 11.3. The van der Waals surface area contributed by atoms with Gasteiger partial charge in [-0.05, 0) is 11.6 Å². The van der Waals surface area contributed by atoms with Gasteiger partial charge in [0, 0.05) is 38.4 Å². The van der Waals surface area contributed by atoms with Crippen molar-refractivity contribution in [2.45, 2.75) is 18.7 Å². The molecule has 130 valence electrons. The van der Waals surface area contributed by atoms with E-state index in [-0.39, 0.29) is 22.8 Å². The summed E-state index contributed by atoms with van der Waals surface area (Å²) in [7, 11) is 0. The Hall–Kier alpha value is -2.51. The largest absolute Gasteiger partial charge is 0.373 e. The number of ether oxygens (including phenoxy) is 1. The van der Waals surface area contributed by atoms with Crippen LogP contribution >= 0.6 is 0 Å². The van der Waals surface area contributed by atoms with Crippen LogP contribution in [0.5, 0.6) is 0 Å². The third-order valence-electron chi connectivity index (χ3n) is 4.91. The molecule has 0 aliphatic carbocycles. The average molecular weight is 340 g/mol. The van der Waals surface area contributed by atoms with Crippen LogP contribution in [0.25, 0.3) is 0 Å². The highest BCUT2D eigenvalue weighted by molar-refractivity contribution is 5.58. The highest BCUT2D eigenvalue weighted by Gasteiger charge is 2.42. The predicted octanol–water partition coefficient (Wildman–Crippen LogP) is 2.08. The van der Waals surface area contributed by atoms with Gasteiger partial charge in [0.05, 0.1) is 23.7 Å². The third-order valence-corrected chi connectivity index (χ3v) is 4.91. The first-order valence-electron chi connectivity index (χ1n) is 8.46. The molecule has 0 saturated carbocycles. The molecule has 4 rings (SSSR count). The van der Waals surface area contributed by atoms with Crippen molar-refractivity contribution < 1.29 is 9.66 Å². The second kappa shape index (κ2) is 6.78. The molecule has 2 fully saturated rings. The van der Waals surface area contributed by atoms with Crippen molar-refractivity contribution in [3.05, 3.63) is 64.3 Å². The van der Waals surface area contributed by atoms with E-state index < -0.39 is 0 Å². The number of nitrogens with zero attached hydrogens (tertiary/aromatic N) is 4. The van der Waals surface area contributed by atoms with E-state index in [2.05, 4.69) is 22.0 Å². The van der Waals surface area contributed by atoms with Crippen LogP contribution in [0.15, 0.2) is 48.7 Å². The number of hydrogen-bond acceptors (Lipinski definition) is 6. The second-order valence-electron chi connectivity index (χ2n) is 6.44. The van der Waals surface area contributed by atoms with Crippen LogP contribution in [0.2, 0.25) is 0 Å². The van der Waals surface area contributed by atoms with Crippen molar-refractivity contribution in [2.75, 3.05) is 31.1 Å². The zero-order valence-electron chi connectivity index (χ0n) is 13.8. The number of nitro groups is 1. The molecule has 7 heteroatoms. The normalized spacial score (nSPS) is 23.4. The van der Waals surface area contributed by atoms with Gasteiger partial charge in [0.25, 0.3) is 0 Å². The molecule has 2 aliphatic rings. The maximum Gasteiger partial charge on any atom is 0.311 e. The number of anilines is 1. The summed E-state index contributed by atoms with van der Waals surface area (Å²) in [5, 5.41) is 11.3. The maximum atomic E-state index is 11.3. The van der Waals surface area contributed by atoms with E-state index >= 15 is 0 Å². The Balaban J connectivity index is 1.54. The number of hydrogen-bond donors (Lipinski definition) is 0. The summed E-state index contributed by atoms with van der Waals surface area (Å²) < 4.78 is 5.94. The molecule has 2 aliphatic heterocycles. The molecule has 0 amide bonds. The van der Waals surface area contributed by atoms with Crippen LogP contribution < -0.4 is 4.90 Å². The van der Waals surface area contributed by atoms with Crippen molar-refractivity contribution in [1.29, 1.82) is 0 Å². The molecule has 1 aromatic heterocycles. The van der Waals surface area contributed by atoms with Crippen molar-refractivity contribution >= 4 is 11.5 Å². The van der Waals surface area contributed by atoms with Crippen LogP contribution in [0.3, 0.4) is 0 Å². The first kappa shape index (κ1) is 16.0. The highest BCUT2D eigenvalue weighted by atomic mass is 16.6. The summed E-state index contributed by atoms with van der Waals surface area (Å²) >= 11 is 0. The fourth-order valence-corrected chi connectivity index (χ4v) is 3.72. The predicted molar refractivity (Wildman–Crippen MR) is 93.5 cm³/mol. The van der Waals surface area contributed by atoms with Crippen LogP contribution in [0.1, 0.15) is 5.56 Å². The summed E-state index contributed by atoms with van der Waals surface area (Å²) in [6.45, 7) is 3.74. The second-order valence-corrected chi connectivity index (χ2v) is 6.44. The van der Waals surface area contributed by atoms with E-state index in [9.17, 15) is 10.1 Å². The summed E-state index contributed by atoms with van der Waals surface area (Å²) in [5.74, 6) is 0.435. The number of morpholine rings is 1. The minimum atomic E-state index is -0.368. The van der Waals surface area contributed by atoms with Gasteiger partial charge in [-0.25, -0.2) is 4.98 Å². The molecule has 2 atom stereocenters. The lowest BCUT2D eigenvalue weighted by molar-refractivity contribution is -0.384. The van der Waals surface area contributed by atoms with Crippen LogP contribution in [-0.2, 0) is 11.3 Å². The number of pyridine rings is 1. The highest BCUT2D eigenvalue weighted by Crippen LogP contribution is 2.32. The standard InChI is InChI=1S/C18H20N4O3/c23-22(24)15-7-4-8-19-18(15)21-12-16-17(13-21)25-10-9-20(16)11-14-5-2-1-3-6-14/h1-8,16-17H,9-13H2/t16-,17-/m0/s1. The van der Waals surface area contributed by atoms with E-state index in [1.807, 2.05) is 23.1 Å². The lowest BCUT2D eigenvalue weighted by Crippen LogP contribution is -2.50. The SMILES string of the molecule is O=[N+]([O-])c1cccnc1N1C[C@@H]2OCCN(Cc3ccccc3)[C@H]2C1. The van der Waals surface area contributed by atoms with Gasteiger partial charge in [-0.2, -0.15) is 0 Å². The smallest absolute Gasteiger partial charge is 0.311 e. The first-order chi connectivity index (χ1) is 12.2. The number of fused-ring (bicyclic) bond motifs is 1. The van der Waals surface area contributed by atoms with Gasteiger partial charge in [-0.1, -0.05) is 30.3 Å². The van der Waals surface area contributed by atoms with Gasteiger partial charge in [-0.3, -0.25) is 15.0 Å². The fraction of sp³-hybridized carbons (Fsp3) is 0.389. The Morgan fingerprint density at radius 2 is 2.04 bits per heavy atom. The molecule has 1 aromatic carbocycles. The fourth-order valence-electron chi connectivity index (χ4n) is 3.72. The van der Waals surface area contributed by atoms with Crippen LogP contribution in [0.4, 0.5) is 11.5 Å². The molecule has 2 saturated heterocycles. The Morgan fingerprint density at radius 1 is 1.20 bits per heavy atom. The molecular formula is C18H20N4O3. The van der Waals surface area contributed by atoms with Crippen molar-refractivity contribution in [3.63, 3.8) is 0 Å². The van der Waals surface area contributed by atoms with Gasteiger partial charge in [0.15, 0.2) is 0 Å². The Kier molecular flexibility index (Phi) is 4.33. The molecule has 3 heterocycles. The Bertz CT molecular complexity index is 755. The number of aromatic nitrogens is 1. The number of rotatable bonds is 4. The zero-order chi connectivity index (χ0) is 17.2. The summed E-state index contributed by atoms with van der Waals surface area (Å²) in [6.07, 6.45) is 1.66. The number of benzene rings is 1. The average Bonchev–Trinajstić information content (AvgIpc) is 3.08. The monoisotopic (exact) mass is 340 g/mol. The summed E-state index contributed by atoms with van der Waals surface area (Å²) in [5.41, 5.74) is 1.32. The molecule has 0 radical (unpaired) electrons. The summed E-state index contributed by atoms with van der Waals surface area (Å²) in [4.78, 5) is 19.6. The molecular weight excluding hydrogens is 320 g/mol. The molecule has 7 nitrogen and oxygen atoms in total. The molecule has 0 spiro atoms. The molecule has 25 heavy (non-hydrogen) atoms. The zero-order valence-corrected chi connectivity index (χ0v) is 13.8.